The summed E-state index contributed by atoms with van der Waals surface area (Å²) in [5, 5.41) is 34.9. The van der Waals surface area contributed by atoms with E-state index >= 15 is 0 Å². The number of esters is 1. The SMILES string of the molecule is C=C1C(=O)[C@@]23[C@@H]([C@]45CCCC(C)(C)[C@H]4C(=O)[C@@]2(O)[C@@H]5O)[C@@](C)(OC(C)=O)C[C@H]1[C@@H]3O. The van der Waals surface area contributed by atoms with E-state index in [1.54, 1.807) is 6.92 Å². The molecular weight excluding hydrogens is 388 g/mol. The third-order valence-electron chi connectivity index (χ3n) is 9.49. The summed E-state index contributed by atoms with van der Waals surface area (Å²) in [7, 11) is 0. The zero-order valence-electron chi connectivity index (χ0n) is 17.9. The molecule has 2 spiro atoms. The first-order valence-electron chi connectivity index (χ1n) is 10.8. The molecule has 5 aliphatic carbocycles. The fraction of sp³-hybridized carbons (Fsp3) is 0.783. The predicted molar refractivity (Wildman–Crippen MR) is 104 cm³/mol. The van der Waals surface area contributed by atoms with Gasteiger partial charge >= 0.3 is 5.97 Å². The Morgan fingerprint density at radius 2 is 1.80 bits per heavy atom. The summed E-state index contributed by atoms with van der Waals surface area (Å²) in [6.45, 7) is 10.8. The first kappa shape index (κ1) is 20.3. The molecule has 4 bridgehead atoms. The molecule has 5 rings (SSSR count). The van der Waals surface area contributed by atoms with Crippen LogP contribution in [-0.2, 0) is 19.1 Å². The Morgan fingerprint density at radius 3 is 2.40 bits per heavy atom. The van der Waals surface area contributed by atoms with Gasteiger partial charge in [-0.2, -0.15) is 0 Å². The summed E-state index contributed by atoms with van der Waals surface area (Å²) < 4.78 is 5.83. The van der Waals surface area contributed by atoms with Gasteiger partial charge in [0.15, 0.2) is 17.2 Å². The van der Waals surface area contributed by atoms with Crippen molar-refractivity contribution >= 4 is 17.5 Å². The fourth-order valence-electron chi connectivity index (χ4n) is 9.09. The number of carbonyl (C=O) groups excluding carboxylic acids is 3. The van der Waals surface area contributed by atoms with Crippen molar-refractivity contribution in [2.24, 2.45) is 34.0 Å². The number of hydrogen-bond donors (Lipinski definition) is 3. The number of ether oxygens (including phenoxy) is 1. The third kappa shape index (κ3) is 1.66. The molecule has 0 aromatic carbocycles. The summed E-state index contributed by atoms with van der Waals surface area (Å²) in [4.78, 5) is 39.6. The van der Waals surface area contributed by atoms with Crippen LogP contribution < -0.4 is 0 Å². The van der Waals surface area contributed by atoms with E-state index in [2.05, 4.69) is 6.58 Å². The lowest BCUT2D eigenvalue weighted by Crippen LogP contribution is -2.73. The second kappa shape index (κ2) is 5.25. The van der Waals surface area contributed by atoms with Crippen LogP contribution in [0.2, 0.25) is 0 Å². The Morgan fingerprint density at radius 1 is 1.17 bits per heavy atom. The first-order valence-corrected chi connectivity index (χ1v) is 10.8. The second-order valence-electron chi connectivity index (χ2n) is 11.2. The molecule has 0 saturated heterocycles. The van der Waals surface area contributed by atoms with Crippen molar-refractivity contribution in [1.29, 1.82) is 0 Å². The van der Waals surface area contributed by atoms with Gasteiger partial charge in [-0.3, -0.25) is 14.4 Å². The monoisotopic (exact) mass is 418 g/mol. The summed E-state index contributed by atoms with van der Waals surface area (Å²) in [6.07, 6.45) is -0.872. The van der Waals surface area contributed by atoms with Gasteiger partial charge < -0.3 is 20.1 Å². The molecule has 3 N–H and O–H groups in total. The minimum absolute atomic E-state index is 0.132. The average Bonchev–Trinajstić information content (AvgIpc) is 2.97. The van der Waals surface area contributed by atoms with Crippen LogP contribution in [0.5, 0.6) is 0 Å². The van der Waals surface area contributed by atoms with E-state index in [0.29, 0.717) is 12.8 Å². The highest BCUT2D eigenvalue weighted by Crippen LogP contribution is 2.82. The molecule has 5 saturated carbocycles. The number of hydrogen-bond acceptors (Lipinski definition) is 7. The van der Waals surface area contributed by atoms with Gasteiger partial charge in [-0.1, -0.05) is 26.8 Å². The van der Waals surface area contributed by atoms with Crippen LogP contribution in [0.25, 0.3) is 0 Å². The van der Waals surface area contributed by atoms with Crippen molar-refractivity contribution in [1.82, 2.24) is 0 Å². The third-order valence-corrected chi connectivity index (χ3v) is 9.49. The zero-order chi connectivity index (χ0) is 22.2. The molecule has 0 aliphatic heterocycles. The summed E-state index contributed by atoms with van der Waals surface area (Å²) in [5.41, 5.74) is -7.16. The van der Waals surface area contributed by atoms with Crippen LogP contribution in [0.3, 0.4) is 0 Å². The van der Waals surface area contributed by atoms with Crippen LogP contribution in [0.1, 0.15) is 53.4 Å². The minimum atomic E-state index is -2.43. The van der Waals surface area contributed by atoms with Crippen molar-refractivity contribution in [3.05, 3.63) is 12.2 Å². The van der Waals surface area contributed by atoms with E-state index in [9.17, 15) is 29.7 Å². The van der Waals surface area contributed by atoms with Crippen LogP contribution in [-0.4, -0.2) is 56.3 Å². The Labute approximate surface area is 175 Å². The molecule has 0 unspecified atom stereocenters. The molecule has 0 heterocycles. The molecule has 164 valence electrons. The molecule has 0 amide bonds. The topological polar surface area (TPSA) is 121 Å². The molecular formula is C23H30O7. The van der Waals surface area contributed by atoms with Gasteiger partial charge in [-0.15, -0.1) is 0 Å². The van der Waals surface area contributed by atoms with E-state index in [-0.39, 0.29) is 12.0 Å². The number of carbonyl (C=O) groups is 3. The molecule has 30 heavy (non-hydrogen) atoms. The van der Waals surface area contributed by atoms with Crippen LogP contribution in [0.15, 0.2) is 12.2 Å². The van der Waals surface area contributed by atoms with Crippen LogP contribution in [0, 0.1) is 34.0 Å². The zero-order valence-corrected chi connectivity index (χ0v) is 17.9. The van der Waals surface area contributed by atoms with Crippen molar-refractivity contribution in [3.63, 3.8) is 0 Å². The van der Waals surface area contributed by atoms with Crippen LogP contribution in [0.4, 0.5) is 0 Å². The number of aliphatic hydroxyl groups excluding tert-OH is 2. The molecule has 9 atom stereocenters. The maximum Gasteiger partial charge on any atom is 0.303 e. The van der Waals surface area contributed by atoms with Gasteiger partial charge in [0.25, 0.3) is 0 Å². The van der Waals surface area contributed by atoms with Gasteiger partial charge in [0.2, 0.25) is 0 Å². The predicted octanol–water partition coefficient (Wildman–Crippen LogP) is 0.931. The molecule has 7 nitrogen and oxygen atoms in total. The van der Waals surface area contributed by atoms with E-state index in [0.717, 1.165) is 6.42 Å². The Balaban J connectivity index is 1.88. The number of fused-ring (bicyclic) bond motifs is 2. The maximum absolute atomic E-state index is 13.8. The van der Waals surface area contributed by atoms with Crippen molar-refractivity contribution in [3.8, 4) is 0 Å². The summed E-state index contributed by atoms with van der Waals surface area (Å²) >= 11 is 0. The second-order valence-corrected chi connectivity index (χ2v) is 11.2. The van der Waals surface area contributed by atoms with Gasteiger partial charge in [-0.25, -0.2) is 0 Å². The molecule has 5 fully saturated rings. The van der Waals surface area contributed by atoms with E-state index in [4.69, 9.17) is 4.74 Å². The van der Waals surface area contributed by atoms with Gasteiger partial charge in [-0.05, 0) is 37.2 Å². The fourth-order valence-corrected chi connectivity index (χ4v) is 9.09. The van der Waals surface area contributed by atoms with Crippen molar-refractivity contribution in [2.45, 2.75) is 76.8 Å². The van der Waals surface area contributed by atoms with Crippen LogP contribution >= 0.6 is 0 Å². The van der Waals surface area contributed by atoms with E-state index in [1.165, 1.54) is 6.92 Å². The molecule has 0 aromatic rings. The average molecular weight is 418 g/mol. The van der Waals surface area contributed by atoms with Crippen molar-refractivity contribution in [2.75, 3.05) is 0 Å². The highest BCUT2D eigenvalue weighted by atomic mass is 16.6. The van der Waals surface area contributed by atoms with Crippen molar-refractivity contribution < 1.29 is 34.4 Å². The summed E-state index contributed by atoms with van der Waals surface area (Å²) in [6, 6.07) is 0. The van der Waals surface area contributed by atoms with Gasteiger partial charge in [0, 0.05) is 30.1 Å². The van der Waals surface area contributed by atoms with E-state index < -0.39 is 74.9 Å². The standard InChI is InChI=1S/C23H30O7/c1-10-12-9-20(5,30-11(2)24)17-21-8-6-7-19(3,4)13(21)16(27)23(29,18(21)28)22(17,14(10)25)15(12)26/h12-13,15,17-18,26,28-29H,1,6-9H2,2-5H3/t12-,13-,15+,17-,18-,20+,21+,22-,23-/m1/s1. The Kier molecular flexibility index (Phi) is 3.56. The van der Waals surface area contributed by atoms with E-state index in [1.807, 2.05) is 13.8 Å². The number of Topliss-reactive ketones (excluding diaryl/α,β-unsaturated/α-hetero) is 2. The lowest BCUT2D eigenvalue weighted by Gasteiger charge is -2.62. The highest BCUT2D eigenvalue weighted by molar-refractivity contribution is 6.12. The number of aliphatic hydroxyl groups is 3. The number of ketones is 2. The molecule has 0 aromatic heterocycles. The van der Waals surface area contributed by atoms with Gasteiger partial charge in [0.05, 0.1) is 12.2 Å². The maximum atomic E-state index is 13.8. The highest BCUT2D eigenvalue weighted by Gasteiger charge is 2.95. The quantitative estimate of drug-likeness (QED) is 0.428. The normalized spacial score (nSPS) is 55.4. The number of rotatable bonds is 1. The van der Waals surface area contributed by atoms with Gasteiger partial charge in [0.1, 0.15) is 11.0 Å². The largest absolute Gasteiger partial charge is 0.459 e. The lowest BCUT2D eigenvalue weighted by molar-refractivity contribution is -0.245. The smallest absolute Gasteiger partial charge is 0.303 e. The molecule has 0 radical (unpaired) electrons. The lowest BCUT2D eigenvalue weighted by atomic mass is 9.41. The Hall–Kier alpha value is -1.57. The first-order chi connectivity index (χ1) is 13.7. The molecule has 5 aliphatic rings. The Bertz CT molecular complexity index is 923. The summed E-state index contributed by atoms with van der Waals surface area (Å²) in [5.74, 6) is -4.01. The molecule has 7 heteroatoms. The minimum Gasteiger partial charge on any atom is -0.459 e.